The fraction of sp³-hybridized carbons (Fsp3) is 0.500. The summed E-state index contributed by atoms with van der Waals surface area (Å²) in [6, 6.07) is 6.52. The van der Waals surface area contributed by atoms with Crippen molar-refractivity contribution in [2.45, 2.75) is 52.4 Å². The monoisotopic (exact) mass is 479 g/mol. The van der Waals surface area contributed by atoms with Gasteiger partial charge in [0.1, 0.15) is 0 Å². The van der Waals surface area contributed by atoms with Crippen LogP contribution >= 0.6 is 11.6 Å². The van der Waals surface area contributed by atoms with Crippen molar-refractivity contribution < 1.29 is 14.5 Å². The molecule has 4 aliphatic carbocycles. The zero-order valence-corrected chi connectivity index (χ0v) is 20.4. The van der Waals surface area contributed by atoms with Crippen molar-refractivity contribution >= 4 is 34.9 Å². The van der Waals surface area contributed by atoms with Gasteiger partial charge in [-0.2, -0.15) is 0 Å². The SMILES string of the molecule is C[C@]12CC[C@H]3[C@@H](CCC4=C(Cl)C(=O)C=C[C@@]43C)[C@@H]1CC[C@@H]2C(=O)/C=C/c1ccccc1[N+](=O)[O-]. The standard InChI is InChI=1S/C28H30ClNO4/c1-27-15-13-20-18(8-9-22-26(29)25(32)14-16-28(20,22)2)19(27)10-11-21(27)24(31)12-7-17-5-3-4-6-23(17)30(33)34/h3-7,12,14,16,18-21H,8-11,13,15H2,1-2H3/b12-7+/t18-,19-,20-,21+,27-,28+/m0/s1. The fourth-order valence-corrected chi connectivity index (χ4v) is 8.19. The quantitative estimate of drug-likeness (QED) is 0.274. The molecule has 1 aromatic carbocycles. The summed E-state index contributed by atoms with van der Waals surface area (Å²) in [5.74, 6) is 1.34. The molecule has 0 bridgehead atoms. The Bertz CT molecular complexity index is 1170. The van der Waals surface area contributed by atoms with Gasteiger partial charge in [0.15, 0.2) is 11.6 Å². The van der Waals surface area contributed by atoms with Gasteiger partial charge >= 0.3 is 0 Å². The van der Waals surface area contributed by atoms with Gasteiger partial charge in [-0.1, -0.05) is 43.7 Å². The third-order valence-corrected chi connectivity index (χ3v) is 9.97. The number of benzene rings is 1. The molecule has 5 nitrogen and oxygen atoms in total. The van der Waals surface area contributed by atoms with Crippen LogP contribution in [-0.2, 0) is 9.59 Å². The first-order valence-corrected chi connectivity index (χ1v) is 12.6. The molecule has 0 unspecified atom stereocenters. The predicted octanol–water partition coefficient (Wildman–Crippen LogP) is 6.67. The van der Waals surface area contributed by atoms with Crippen molar-refractivity contribution in [1.82, 2.24) is 0 Å². The van der Waals surface area contributed by atoms with Gasteiger partial charge in [-0.15, -0.1) is 0 Å². The van der Waals surface area contributed by atoms with E-state index in [0.29, 0.717) is 28.3 Å². The summed E-state index contributed by atoms with van der Waals surface area (Å²) in [5, 5.41) is 11.7. The van der Waals surface area contributed by atoms with Crippen LogP contribution in [-0.4, -0.2) is 16.5 Å². The van der Waals surface area contributed by atoms with Crippen LogP contribution in [0.5, 0.6) is 0 Å². The van der Waals surface area contributed by atoms with Crippen molar-refractivity contribution in [3.05, 3.63) is 68.8 Å². The van der Waals surface area contributed by atoms with E-state index in [9.17, 15) is 19.7 Å². The number of nitro groups is 1. The Morgan fingerprint density at radius 1 is 1.15 bits per heavy atom. The number of hydrogen-bond acceptors (Lipinski definition) is 4. The molecule has 5 rings (SSSR count). The van der Waals surface area contributed by atoms with Crippen LogP contribution in [0.1, 0.15) is 57.9 Å². The predicted molar refractivity (Wildman–Crippen MR) is 132 cm³/mol. The molecular weight excluding hydrogens is 450 g/mol. The number of carbonyl (C=O) groups is 2. The summed E-state index contributed by atoms with van der Waals surface area (Å²) >= 11 is 6.47. The average Bonchev–Trinajstić information content (AvgIpc) is 3.17. The van der Waals surface area contributed by atoms with Crippen LogP contribution in [0.3, 0.4) is 0 Å². The van der Waals surface area contributed by atoms with Crippen molar-refractivity contribution in [1.29, 1.82) is 0 Å². The Labute approximate surface area is 205 Å². The summed E-state index contributed by atoms with van der Waals surface area (Å²) in [4.78, 5) is 36.4. The van der Waals surface area contributed by atoms with E-state index < -0.39 is 4.92 Å². The van der Waals surface area contributed by atoms with Crippen LogP contribution in [0.25, 0.3) is 6.08 Å². The molecule has 0 spiro atoms. The highest BCUT2D eigenvalue weighted by Gasteiger charge is 2.59. The summed E-state index contributed by atoms with van der Waals surface area (Å²) in [5.41, 5.74) is 1.33. The lowest BCUT2D eigenvalue weighted by molar-refractivity contribution is -0.385. The number of nitro benzene ring substituents is 1. The van der Waals surface area contributed by atoms with E-state index in [1.54, 1.807) is 36.4 Å². The molecular formula is C28H30ClNO4. The number of rotatable bonds is 4. The largest absolute Gasteiger partial charge is 0.295 e. The van der Waals surface area contributed by atoms with Gasteiger partial charge in [-0.05, 0) is 91.6 Å². The molecule has 1 aromatic rings. The number of allylic oxidation sites excluding steroid dienone is 5. The summed E-state index contributed by atoms with van der Waals surface area (Å²) < 4.78 is 0. The fourth-order valence-electron chi connectivity index (χ4n) is 7.83. The number of para-hydroxylation sites is 1. The average molecular weight is 480 g/mol. The van der Waals surface area contributed by atoms with Gasteiger partial charge in [-0.3, -0.25) is 19.7 Å². The van der Waals surface area contributed by atoms with E-state index in [0.717, 1.165) is 44.1 Å². The van der Waals surface area contributed by atoms with E-state index in [2.05, 4.69) is 19.9 Å². The van der Waals surface area contributed by atoms with E-state index in [1.165, 1.54) is 6.07 Å². The van der Waals surface area contributed by atoms with Gasteiger partial charge in [0.2, 0.25) is 0 Å². The van der Waals surface area contributed by atoms with Gasteiger partial charge in [0, 0.05) is 17.4 Å². The zero-order valence-electron chi connectivity index (χ0n) is 19.6. The maximum absolute atomic E-state index is 13.4. The second kappa shape index (κ2) is 8.30. The van der Waals surface area contributed by atoms with E-state index in [1.807, 2.05) is 0 Å². The molecule has 4 aliphatic rings. The molecule has 3 saturated carbocycles. The van der Waals surface area contributed by atoms with Crippen molar-refractivity contribution in [3.8, 4) is 0 Å². The number of halogens is 1. The van der Waals surface area contributed by atoms with Crippen LogP contribution in [0, 0.1) is 44.6 Å². The Morgan fingerprint density at radius 3 is 2.68 bits per heavy atom. The summed E-state index contributed by atoms with van der Waals surface area (Å²) in [7, 11) is 0. The molecule has 6 heteroatoms. The van der Waals surface area contributed by atoms with Crippen LogP contribution in [0.2, 0.25) is 0 Å². The Balaban J connectivity index is 1.38. The van der Waals surface area contributed by atoms with Gasteiger partial charge in [0.25, 0.3) is 5.69 Å². The maximum Gasteiger partial charge on any atom is 0.276 e. The van der Waals surface area contributed by atoms with Crippen molar-refractivity contribution in [2.24, 2.45) is 34.5 Å². The second-order valence-electron chi connectivity index (χ2n) is 10.9. The van der Waals surface area contributed by atoms with Crippen molar-refractivity contribution in [3.63, 3.8) is 0 Å². The smallest absolute Gasteiger partial charge is 0.276 e. The van der Waals surface area contributed by atoms with Crippen LogP contribution in [0.4, 0.5) is 5.69 Å². The normalized spacial score (nSPS) is 36.9. The van der Waals surface area contributed by atoms with E-state index in [4.69, 9.17) is 11.6 Å². The van der Waals surface area contributed by atoms with E-state index in [-0.39, 0.29) is 34.0 Å². The lowest BCUT2D eigenvalue weighted by Crippen LogP contribution is -2.50. The number of ketones is 2. The van der Waals surface area contributed by atoms with Crippen molar-refractivity contribution in [2.75, 3.05) is 0 Å². The minimum Gasteiger partial charge on any atom is -0.295 e. The van der Waals surface area contributed by atoms with Gasteiger partial charge in [0.05, 0.1) is 15.5 Å². The molecule has 178 valence electrons. The van der Waals surface area contributed by atoms with Crippen LogP contribution < -0.4 is 0 Å². The maximum atomic E-state index is 13.4. The third-order valence-electron chi connectivity index (χ3n) is 9.55. The Kier molecular flexibility index (Phi) is 5.67. The molecule has 0 saturated heterocycles. The number of nitrogens with zero attached hydrogens (tertiary/aromatic N) is 1. The first kappa shape index (κ1) is 23.2. The molecule has 0 amide bonds. The molecule has 3 fully saturated rings. The molecule has 6 atom stereocenters. The molecule has 34 heavy (non-hydrogen) atoms. The van der Waals surface area contributed by atoms with Gasteiger partial charge in [-0.25, -0.2) is 0 Å². The number of carbonyl (C=O) groups excluding carboxylic acids is 2. The van der Waals surface area contributed by atoms with Crippen LogP contribution in [0.15, 0.2) is 53.1 Å². The minimum absolute atomic E-state index is 0.0135. The number of hydrogen-bond donors (Lipinski definition) is 0. The molecule has 0 heterocycles. The molecule has 0 radical (unpaired) electrons. The summed E-state index contributed by atoms with van der Waals surface area (Å²) in [6.07, 6.45) is 12.6. The highest BCUT2D eigenvalue weighted by atomic mass is 35.5. The molecule has 0 aromatic heterocycles. The Hall–Kier alpha value is -2.53. The first-order chi connectivity index (χ1) is 16.2. The minimum atomic E-state index is -0.412. The second-order valence-corrected chi connectivity index (χ2v) is 11.3. The molecule has 0 aliphatic heterocycles. The highest BCUT2D eigenvalue weighted by Crippen LogP contribution is 2.66. The van der Waals surface area contributed by atoms with E-state index >= 15 is 0 Å². The molecule has 0 N–H and O–H groups in total. The Morgan fingerprint density at radius 2 is 1.91 bits per heavy atom. The highest BCUT2D eigenvalue weighted by molar-refractivity contribution is 6.45. The zero-order chi connectivity index (χ0) is 24.3. The first-order valence-electron chi connectivity index (χ1n) is 12.2. The number of fused-ring (bicyclic) bond motifs is 5. The lowest BCUT2D eigenvalue weighted by Gasteiger charge is -2.57. The topological polar surface area (TPSA) is 77.3 Å². The third kappa shape index (κ3) is 3.43. The van der Waals surface area contributed by atoms with Gasteiger partial charge < -0.3 is 0 Å². The lowest BCUT2D eigenvalue weighted by atomic mass is 9.47. The summed E-state index contributed by atoms with van der Waals surface area (Å²) in [6.45, 7) is 4.52.